The topological polar surface area (TPSA) is 141 Å². The molecule has 2 aromatic carbocycles. The van der Waals surface area contributed by atoms with Crippen LogP contribution in [0.3, 0.4) is 0 Å². The number of hydrogen-bond acceptors (Lipinski definition) is 9. The lowest BCUT2D eigenvalue weighted by Crippen LogP contribution is -2.43. The third-order valence-corrected chi connectivity index (χ3v) is 7.64. The number of hydrogen-bond donors (Lipinski definition) is 1. The number of anilines is 2. The van der Waals surface area contributed by atoms with Crippen molar-refractivity contribution in [3.63, 3.8) is 0 Å². The van der Waals surface area contributed by atoms with Crippen molar-refractivity contribution in [2.45, 2.75) is 12.8 Å². The highest BCUT2D eigenvalue weighted by atomic mass is 32.2. The Bertz CT molecular complexity index is 1330. The molecule has 3 aromatic rings. The van der Waals surface area contributed by atoms with Crippen LogP contribution in [0.5, 0.6) is 11.5 Å². The summed E-state index contributed by atoms with van der Waals surface area (Å²) in [6.07, 6.45) is 1.68. The molecule has 182 valence electrons. The van der Waals surface area contributed by atoms with Crippen LogP contribution in [0, 0.1) is 5.92 Å². The lowest BCUT2D eigenvalue weighted by atomic mass is 10.0. The second kappa shape index (κ2) is 9.37. The first-order valence-corrected chi connectivity index (χ1v) is 12.8. The molecule has 0 aliphatic carbocycles. The predicted molar refractivity (Wildman–Crippen MR) is 125 cm³/mol. The molecule has 0 atom stereocenters. The van der Waals surface area contributed by atoms with Gasteiger partial charge in [-0.3, -0.25) is 9.59 Å². The summed E-state index contributed by atoms with van der Waals surface area (Å²) < 4.78 is 39.2. The first-order valence-electron chi connectivity index (χ1n) is 11.0. The first-order chi connectivity index (χ1) is 16.9. The van der Waals surface area contributed by atoms with Gasteiger partial charge in [0.2, 0.25) is 30.8 Å². The highest BCUT2D eigenvalue weighted by Gasteiger charge is 2.33. The number of carbonyl (C=O) groups is 2. The third-order valence-electron chi connectivity index (χ3n) is 5.93. The number of amides is 2. The Morgan fingerprint density at radius 3 is 2.49 bits per heavy atom. The number of nitrogens with zero attached hydrogens (tertiary/aromatic N) is 3. The smallest absolute Gasteiger partial charge is 0.244 e. The van der Waals surface area contributed by atoms with Crippen LogP contribution in [0.1, 0.15) is 12.8 Å². The summed E-state index contributed by atoms with van der Waals surface area (Å²) in [4.78, 5) is 31.7. The standard InChI is InChI=1S/C23H22N4O7S/c28-21(25-17-3-1-15(2-4-17)22-24-13-34-26-22)12-27(18-5-6-19-20(11-18)33-14-32-19)23(29)16-7-9-35(30,31)10-8-16/h1-6,11,13,16H,7-10,12,14H2,(H,25,28). The molecule has 5 rings (SSSR count). The summed E-state index contributed by atoms with van der Waals surface area (Å²) in [6, 6.07) is 11.9. The van der Waals surface area contributed by atoms with Crippen molar-refractivity contribution in [2.24, 2.45) is 5.92 Å². The Morgan fingerprint density at radius 2 is 1.77 bits per heavy atom. The largest absolute Gasteiger partial charge is 0.454 e. The SMILES string of the molecule is O=C(CN(C(=O)C1CCS(=O)(=O)CC1)c1ccc2c(c1)OCO2)Nc1ccc(-c2ncon2)cc1. The van der Waals surface area contributed by atoms with Gasteiger partial charge in [0.05, 0.1) is 11.5 Å². The average Bonchev–Trinajstić information content (AvgIpc) is 3.54. The van der Waals surface area contributed by atoms with Gasteiger partial charge in [0.25, 0.3) is 0 Å². The summed E-state index contributed by atoms with van der Waals surface area (Å²) in [5, 5.41) is 6.56. The van der Waals surface area contributed by atoms with E-state index in [4.69, 9.17) is 14.0 Å². The molecule has 0 unspecified atom stereocenters. The van der Waals surface area contributed by atoms with Gasteiger partial charge in [0, 0.05) is 28.9 Å². The van der Waals surface area contributed by atoms with Crippen molar-refractivity contribution in [2.75, 3.05) is 35.1 Å². The third kappa shape index (κ3) is 5.11. The second-order valence-electron chi connectivity index (χ2n) is 8.27. The minimum Gasteiger partial charge on any atom is -0.454 e. The van der Waals surface area contributed by atoms with Gasteiger partial charge in [0.1, 0.15) is 16.4 Å². The molecule has 35 heavy (non-hydrogen) atoms. The molecular weight excluding hydrogens is 476 g/mol. The molecular formula is C23H22N4O7S. The summed E-state index contributed by atoms with van der Waals surface area (Å²) in [6.45, 7) is -0.179. The number of nitrogens with one attached hydrogen (secondary N) is 1. The molecule has 1 aromatic heterocycles. The Morgan fingerprint density at radius 1 is 1.03 bits per heavy atom. The molecule has 3 heterocycles. The first kappa shape index (κ1) is 22.8. The van der Waals surface area contributed by atoms with E-state index in [0.29, 0.717) is 28.7 Å². The van der Waals surface area contributed by atoms with Crippen molar-refractivity contribution in [3.05, 3.63) is 48.9 Å². The molecule has 2 aliphatic rings. The number of sulfone groups is 1. The summed E-state index contributed by atoms with van der Waals surface area (Å²) in [5.41, 5.74) is 1.72. The van der Waals surface area contributed by atoms with Crippen molar-refractivity contribution in [1.29, 1.82) is 0 Å². The zero-order valence-corrected chi connectivity index (χ0v) is 19.4. The highest BCUT2D eigenvalue weighted by Crippen LogP contribution is 2.36. The highest BCUT2D eigenvalue weighted by molar-refractivity contribution is 7.91. The van der Waals surface area contributed by atoms with E-state index < -0.39 is 21.7 Å². The van der Waals surface area contributed by atoms with E-state index in [-0.39, 0.29) is 43.6 Å². The zero-order chi connectivity index (χ0) is 24.4. The van der Waals surface area contributed by atoms with Crippen LogP contribution < -0.4 is 19.7 Å². The van der Waals surface area contributed by atoms with Crippen LogP contribution >= 0.6 is 0 Å². The van der Waals surface area contributed by atoms with Gasteiger partial charge in [-0.2, -0.15) is 4.98 Å². The molecule has 12 heteroatoms. The second-order valence-corrected chi connectivity index (χ2v) is 10.6. The van der Waals surface area contributed by atoms with E-state index >= 15 is 0 Å². The van der Waals surface area contributed by atoms with Gasteiger partial charge in [-0.25, -0.2) is 8.42 Å². The predicted octanol–water partition coefficient (Wildman–Crippen LogP) is 2.26. The lowest BCUT2D eigenvalue weighted by Gasteiger charge is -2.29. The molecule has 0 bridgehead atoms. The van der Waals surface area contributed by atoms with Crippen molar-refractivity contribution < 1.29 is 32.0 Å². The zero-order valence-electron chi connectivity index (χ0n) is 18.5. The maximum Gasteiger partial charge on any atom is 0.244 e. The lowest BCUT2D eigenvalue weighted by molar-refractivity contribution is -0.124. The monoisotopic (exact) mass is 498 g/mol. The maximum atomic E-state index is 13.4. The summed E-state index contributed by atoms with van der Waals surface area (Å²) in [5.74, 6) is 0.158. The van der Waals surface area contributed by atoms with E-state index in [1.807, 2.05) is 0 Å². The van der Waals surface area contributed by atoms with Crippen molar-refractivity contribution in [1.82, 2.24) is 10.1 Å². The Balaban J connectivity index is 1.33. The van der Waals surface area contributed by atoms with Crippen LogP contribution in [0.15, 0.2) is 53.4 Å². The van der Waals surface area contributed by atoms with E-state index in [0.717, 1.165) is 5.56 Å². The van der Waals surface area contributed by atoms with Gasteiger partial charge in [-0.1, -0.05) is 5.16 Å². The molecule has 11 nitrogen and oxygen atoms in total. The van der Waals surface area contributed by atoms with Gasteiger partial charge in [-0.15, -0.1) is 0 Å². The number of aromatic nitrogens is 2. The van der Waals surface area contributed by atoms with E-state index in [2.05, 4.69) is 15.5 Å². The average molecular weight is 499 g/mol. The fraction of sp³-hybridized carbons (Fsp3) is 0.304. The number of benzene rings is 2. The number of ether oxygens (including phenoxy) is 2. The Labute approximate surface area is 200 Å². The fourth-order valence-corrected chi connectivity index (χ4v) is 5.54. The molecule has 0 radical (unpaired) electrons. The Kier molecular flexibility index (Phi) is 6.12. The molecule has 1 saturated heterocycles. The van der Waals surface area contributed by atoms with Gasteiger partial charge in [0.15, 0.2) is 11.5 Å². The van der Waals surface area contributed by atoms with Crippen molar-refractivity contribution >= 4 is 33.0 Å². The Hall–Kier alpha value is -3.93. The molecule has 0 spiro atoms. The minimum atomic E-state index is -3.13. The molecule has 2 amide bonds. The summed E-state index contributed by atoms with van der Waals surface area (Å²) in [7, 11) is -3.13. The van der Waals surface area contributed by atoms with E-state index in [1.54, 1.807) is 42.5 Å². The quantitative estimate of drug-likeness (QED) is 0.542. The van der Waals surface area contributed by atoms with E-state index in [1.165, 1.54) is 11.3 Å². The van der Waals surface area contributed by atoms with Gasteiger partial charge < -0.3 is 24.2 Å². The molecule has 1 fully saturated rings. The number of fused-ring (bicyclic) bond motifs is 1. The van der Waals surface area contributed by atoms with Crippen LogP contribution in [-0.4, -0.2) is 55.2 Å². The van der Waals surface area contributed by atoms with Crippen LogP contribution in [-0.2, 0) is 19.4 Å². The van der Waals surface area contributed by atoms with Crippen LogP contribution in [0.2, 0.25) is 0 Å². The molecule has 0 saturated carbocycles. The normalized spacial score (nSPS) is 16.6. The number of carbonyl (C=O) groups excluding carboxylic acids is 2. The van der Waals surface area contributed by atoms with Gasteiger partial charge in [-0.05, 0) is 49.2 Å². The van der Waals surface area contributed by atoms with Crippen LogP contribution in [0.25, 0.3) is 11.4 Å². The van der Waals surface area contributed by atoms with E-state index in [9.17, 15) is 18.0 Å². The van der Waals surface area contributed by atoms with Crippen LogP contribution in [0.4, 0.5) is 11.4 Å². The maximum absolute atomic E-state index is 13.4. The number of rotatable bonds is 6. The van der Waals surface area contributed by atoms with Crippen molar-refractivity contribution in [3.8, 4) is 22.9 Å². The minimum absolute atomic E-state index is 0.0443. The summed E-state index contributed by atoms with van der Waals surface area (Å²) >= 11 is 0. The molecule has 1 N–H and O–H groups in total. The fourth-order valence-electron chi connectivity index (χ4n) is 4.05. The van der Waals surface area contributed by atoms with Gasteiger partial charge >= 0.3 is 0 Å². The molecule has 2 aliphatic heterocycles.